The van der Waals surface area contributed by atoms with Gasteiger partial charge in [0.25, 0.3) is 0 Å². The van der Waals surface area contributed by atoms with Crippen LogP contribution in [0.3, 0.4) is 0 Å². The molecule has 1 aliphatic rings. The maximum Gasteiger partial charge on any atom is 0.359 e. The molecule has 0 amide bonds. The molecule has 0 radical (unpaired) electrons. The van der Waals surface area contributed by atoms with Crippen molar-refractivity contribution < 1.29 is 9.53 Å². The van der Waals surface area contributed by atoms with Gasteiger partial charge in [0.05, 0.1) is 12.3 Å². The highest BCUT2D eigenvalue weighted by Gasteiger charge is 2.27. The lowest BCUT2D eigenvalue weighted by Gasteiger charge is -2.18. The molecular formula is C16H18N2O2. The molecule has 0 spiro atoms. The molecular weight excluding hydrogens is 252 g/mol. The summed E-state index contributed by atoms with van der Waals surface area (Å²) in [7, 11) is 1.89. The average Bonchev–Trinajstić information content (AvgIpc) is 2.76. The van der Waals surface area contributed by atoms with E-state index in [4.69, 9.17) is 4.74 Å². The quantitative estimate of drug-likeness (QED) is 0.788. The smallest absolute Gasteiger partial charge is 0.359 e. The number of carbonyl (C=O) groups excluding carboxylic acids is 1. The number of aromatic nitrogens is 2. The number of hydrogen-bond acceptors (Lipinski definition) is 3. The van der Waals surface area contributed by atoms with E-state index >= 15 is 0 Å². The summed E-state index contributed by atoms with van der Waals surface area (Å²) >= 11 is 0. The Kier molecular flexibility index (Phi) is 3.08. The van der Waals surface area contributed by atoms with Gasteiger partial charge < -0.3 is 4.74 Å². The molecule has 1 aromatic carbocycles. The van der Waals surface area contributed by atoms with E-state index in [0.29, 0.717) is 12.3 Å². The zero-order chi connectivity index (χ0) is 14.3. The van der Waals surface area contributed by atoms with Gasteiger partial charge in [-0.2, -0.15) is 5.10 Å². The summed E-state index contributed by atoms with van der Waals surface area (Å²) in [5.74, 6) is -0.320. The fourth-order valence-corrected chi connectivity index (χ4v) is 2.93. The van der Waals surface area contributed by atoms with Crippen molar-refractivity contribution in [1.82, 2.24) is 9.78 Å². The monoisotopic (exact) mass is 270 g/mol. The molecule has 104 valence electrons. The molecule has 2 aromatic rings. The van der Waals surface area contributed by atoms with Crippen molar-refractivity contribution >= 4 is 5.97 Å². The number of aryl methyl sites for hydroxylation is 3. The Morgan fingerprint density at radius 2 is 2.20 bits per heavy atom. The summed E-state index contributed by atoms with van der Waals surface area (Å²) in [6, 6.07) is 6.44. The van der Waals surface area contributed by atoms with Gasteiger partial charge in [0, 0.05) is 18.2 Å². The van der Waals surface area contributed by atoms with Gasteiger partial charge >= 0.3 is 5.97 Å². The highest BCUT2D eigenvalue weighted by molar-refractivity contribution is 5.92. The predicted octanol–water partition coefficient (Wildman–Crippen LogP) is 2.67. The van der Waals surface area contributed by atoms with Crippen LogP contribution in [0.25, 0.3) is 11.3 Å². The molecule has 0 aliphatic heterocycles. The highest BCUT2D eigenvalue weighted by atomic mass is 16.5. The first-order valence-electron chi connectivity index (χ1n) is 6.94. The van der Waals surface area contributed by atoms with Gasteiger partial charge in [0.2, 0.25) is 0 Å². The molecule has 4 nitrogen and oxygen atoms in total. The van der Waals surface area contributed by atoms with Crippen molar-refractivity contribution in [2.45, 2.75) is 26.7 Å². The standard InChI is InChI=1S/C16H18N2O2/c1-4-20-16(19)14-13-8-6-11-9-10(2)5-7-12(11)15(13)18(3)17-14/h5,7,9H,4,6,8H2,1-3H3. The molecule has 1 heterocycles. The van der Waals surface area contributed by atoms with Crippen molar-refractivity contribution in [2.24, 2.45) is 7.05 Å². The highest BCUT2D eigenvalue weighted by Crippen LogP contribution is 2.35. The summed E-state index contributed by atoms with van der Waals surface area (Å²) in [5, 5.41) is 4.37. The topological polar surface area (TPSA) is 44.1 Å². The third kappa shape index (κ3) is 1.92. The number of carbonyl (C=O) groups is 1. The number of nitrogens with zero attached hydrogens (tertiary/aromatic N) is 2. The van der Waals surface area contributed by atoms with Gasteiger partial charge in [-0.25, -0.2) is 4.79 Å². The summed E-state index contributed by atoms with van der Waals surface area (Å²) in [5.41, 5.74) is 6.31. The van der Waals surface area contributed by atoms with Crippen LogP contribution in [-0.4, -0.2) is 22.4 Å². The van der Waals surface area contributed by atoms with Gasteiger partial charge in [0.1, 0.15) is 0 Å². The van der Waals surface area contributed by atoms with Crippen LogP contribution in [0, 0.1) is 6.92 Å². The lowest BCUT2D eigenvalue weighted by Crippen LogP contribution is -2.11. The Balaban J connectivity index is 2.14. The van der Waals surface area contributed by atoms with Crippen LogP contribution in [0.5, 0.6) is 0 Å². The summed E-state index contributed by atoms with van der Waals surface area (Å²) in [6.07, 6.45) is 1.79. The second-order valence-electron chi connectivity index (χ2n) is 5.18. The van der Waals surface area contributed by atoms with Gasteiger partial charge in [-0.3, -0.25) is 4.68 Å². The van der Waals surface area contributed by atoms with Crippen LogP contribution in [0.1, 0.15) is 34.1 Å². The summed E-state index contributed by atoms with van der Waals surface area (Å²) < 4.78 is 6.90. The van der Waals surface area contributed by atoms with E-state index in [9.17, 15) is 4.79 Å². The van der Waals surface area contributed by atoms with Crippen molar-refractivity contribution in [3.8, 4) is 11.3 Å². The summed E-state index contributed by atoms with van der Waals surface area (Å²) in [6.45, 7) is 4.29. The van der Waals surface area contributed by atoms with Crippen LogP contribution >= 0.6 is 0 Å². The first kappa shape index (κ1) is 12.9. The van der Waals surface area contributed by atoms with E-state index in [1.54, 1.807) is 4.68 Å². The molecule has 0 fully saturated rings. The lowest BCUT2D eigenvalue weighted by atomic mass is 9.88. The van der Waals surface area contributed by atoms with E-state index in [2.05, 4.69) is 30.2 Å². The maximum atomic E-state index is 12.0. The molecule has 0 saturated carbocycles. The number of ether oxygens (including phenoxy) is 1. The van der Waals surface area contributed by atoms with Crippen LogP contribution in [0.2, 0.25) is 0 Å². The molecule has 1 aromatic heterocycles. The molecule has 3 rings (SSSR count). The minimum atomic E-state index is -0.320. The van der Waals surface area contributed by atoms with Crippen molar-refractivity contribution in [2.75, 3.05) is 6.61 Å². The lowest BCUT2D eigenvalue weighted by molar-refractivity contribution is 0.0517. The maximum absolute atomic E-state index is 12.0. The largest absolute Gasteiger partial charge is 0.461 e. The Hall–Kier alpha value is -2.10. The molecule has 0 bridgehead atoms. The SMILES string of the molecule is CCOC(=O)c1nn(C)c2c1CCc1cc(C)ccc1-2. The van der Waals surface area contributed by atoms with Crippen LogP contribution in [-0.2, 0) is 24.6 Å². The van der Waals surface area contributed by atoms with Gasteiger partial charge in [-0.1, -0.05) is 23.8 Å². The molecule has 0 unspecified atom stereocenters. The van der Waals surface area contributed by atoms with Crippen molar-refractivity contribution in [3.05, 3.63) is 40.6 Å². The fourth-order valence-electron chi connectivity index (χ4n) is 2.93. The van der Waals surface area contributed by atoms with Crippen molar-refractivity contribution in [1.29, 1.82) is 0 Å². The van der Waals surface area contributed by atoms with Gasteiger partial charge in [-0.05, 0) is 32.3 Å². The number of hydrogen-bond donors (Lipinski definition) is 0. The molecule has 0 N–H and O–H groups in total. The molecule has 0 atom stereocenters. The Bertz CT molecular complexity index is 686. The van der Waals surface area contributed by atoms with E-state index in [1.807, 2.05) is 14.0 Å². The second-order valence-corrected chi connectivity index (χ2v) is 5.18. The predicted molar refractivity (Wildman–Crippen MR) is 76.7 cm³/mol. The average molecular weight is 270 g/mol. The van der Waals surface area contributed by atoms with E-state index < -0.39 is 0 Å². The minimum Gasteiger partial charge on any atom is -0.461 e. The minimum absolute atomic E-state index is 0.320. The van der Waals surface area contributed by atoms with Gasteiger partial charge in [-0.15, -0.1) is 0 Å². The second kappa shape index (κ2) is 4.78. The fraction of sp³-hybridized carbons (Fsp3) is 0.375. The number of fused-ring (bicyclic) bond motifs is 3. The zero-order valence-corrected chi connectivity index (χ0v) is 12.1. The third-order valence-corrected chi connectivity index (χ3v) is 3.77. The van der Waals surface area contributed by atoms with Crippen molar-refractivity contribution in [3.63, 3.8) is 0 Å². The first-order chi connectivity index (χ1) is 9.61. The molecule has 1 aliphatic carbocycles. The number of rotatable bonds is 2. The molecule has 20 heavy (non-hydrogen) atoms. The Morgan fingerprint density at radius 3 is 2.95 bits per heavy atom. The Morgan fingerprint density at radius 1 is 1.40 bits per heavy atom. The normalized spacial score (nSPS) is 12.8. The van der Waals surface area contributed by atoms with Crippen LogP contribution in [0.4, 0.5) is 0 Å². The van der Waals surface area contributed by atoms with E-state index in [-0.39, 0.29) is 5.97 Å². The Labute approximate surface area is 118 Å². The molecule has 4 heteroatoms. The summed E-state index contributed by atoms with van der Waals surface area (Å²) in [4.78, 5) is 12.0. The van der Waals surface area contributed by atoms with Crippen LogP contribution < -0.4 is 0 Å². The van der Waals surface area contributed by atoms with E-state index in [1.165, 1.54) is 16.7 Å². The van der Waals surface area contributed by atoms with Crippen LogP contribution in [0.15, 0.2) is 18.2 Å². The van der Waals surface area contributed by atoms with E-state index in [0.717, 1.165) is 24.1 Å². The number of esters is 1. The number of benzene rings is 1. The zero-order valence-electron chi connectivity index (χ0n) is 12.1. The first-order valence-corrected chi connectivity index (χ1v) is 6.94. The molecule has 0 saturated heterocycles. The van der Waals surface area contributed by atoms with Gasteiger partial charge in [0.15, 0.2) is 5.69 Å². The third-order valence-electron chi connectivity index (χ3n) is 3.77.